The standard InChI is InChI=1S/C15H19NO/c1-10-8-9-13(14(16)15(2,3)17)12-7-5-4-6-11(10)12/h4-9,14,17H,16H2,1-3H3. The van der Waals surface area contributed by atoms with Crippen molar-refractivity contribution in [1.82, 2.24) is 0 Å². The lowest BCUT2D eigenvalue weighted by Crippen LogP contribution is -2.35. The summed E-state index contributed by atoms with van der Waals surface area (Å²) < 4.78 is 0. The summed E-state index contributed by atoms with van der Waals surface area (Å²) in [6.45, 7) is 5.57. The summed E-state index contributed by atoms with van der Waals surface area (Å²) in [6, 6.07) is 11.9. The lowest BCUT2D eigenvalue weighted by atomic mass is 9.88. The normalized spacial score (nSPS) is 13.9. The average Bonchev–Trinajstić information content (AvgIpc) is 2.28. The molecule has 2 aromatic rings. The molecule has 17 heavy (non-hydrogen) atoms. The first kappa shape index (κ1) is 12.1. The molecule has 2 aromatic carbocycles. The molecule has 0 aliphatic heterocycles. The number of aliphatic hydroxyl groups is 1. The number of hydrogen-bond acceptors (Lipinski definition) is 2. The van der Waals surface area contributed by atoms with Gasteiger partial charge >= 0.3 is 0 Å². The van der Waals surface area contributed by atoms with Gasteiger partial charge < -0.3 is 10.8 Å². The van der Waals surface area contributed by atoms with Gasteiger partial charge in [-0.15, -0.1) is 0 Å². The van der Waals surface area contributed by atoms with Crippen molar-refractivity contribution in [3.8, 4) is 0 Å². The number of hydrogen-bond donors (Lipinski definition) is 2. The minimum absolute atomic E-state index is 0.381. The molecular weight excluding hydrogens is 210 g/mol. The van der Waals surface area contributed by atoms with Gasteiger partial charge in [-0.1, -0.05) is 36.4 Å². The number of rotatable bonds is 2. The minimum atomic E-state index is -0.919. The first-order valence-electron chi connectivity index (χ1n) is 5.87. The zero-order valence-electron chi connectivity index (χ0n) is 10.6. The van der Waals surface area contributed by atoms with Gasteiger partial charge in [-0.2, -0.15) is 0 Å². The van der Waals surface area contributed by atoms with Crippen LogP contribution in [0, 0.1) is 6.92 Å². The molecule has 0 aliphatic rings. The van der Waals surface area contributed by atoms with Crippen LogP contribution in [-0.4, -0.2) is 10.7 Å². The summed E-state index contributed by atoms with van der Waals surface area (Å²) in [5.41, 5.74) is 7.45. The van der Waals surface area contributed by atoms with Crippen molar-refractivity contribution in [2.45, 2.75) is 32.4 Å². The third-order valence-electron chi connectivity index (χ3n) is 3.27. The molecule has 0 spiro atoms. The van der Waals surface area contributed by atoms with Crippen LogP contribution in [0.25, 0.3) is 10.8 Å². The van der Waals surface area contributed by atoms with E-state index in [9.17, 15) is 5.11 Å². The van der Waals surface area contributed by atoms with Crippen LogP contribution in [0.15, 0.2) is 36.4 Å². The monoisotopic (exact) mass is 229 g/mol. The maximum atomic E-state index is 10.0. The third kappa shape index (κ3) is 2.19. The Bertz CT molecular complexity index is 540. The molecule has 0 saturated heterocycles. The van der Waals surface area contributed by atoms with Crippen molar-refractivity contribution in [3.63, 3.8) is 0 Å². The second-order valence-corrected chi connectivity index (χ2v) is 5.15. The van der Waals surface area contributed by atoms with E-state index < -0.39 is 5.60 Å². The molecule has 0 bridgehead atoms. The van der Waals surface area contributed by atoms with Gasteiger partial charge in [-0.25, -0.2) is 0 Å². The Kier molecular flexibility index (Phi) is 2.94. The molecule has 0 fully saturated rings. The molecule has 2 rings (SSSR count). The third-order valence-corrected chi connectivity index (χ3v) is 3.27. The van der Waals surface area contributed by atoms with Crippen LogP contribution >= 0.6 is 0 Å². The summed E-state index contributed by atoms with van der Waals surface area (Å²) in [7, 11) is 0. The zero-order chi connectivity index (χ0) is 12.6. The molecular formula is C15H19NO. The highest BCUT2D eigenvalue weighted by molar-refractivity contribution is 5.89. The highest BCUT2D eigenvalue weighted by Gasteiger charge is 2.25. The summed E-state index contributed by atoms with van der Waals surface area (Å²) in [6.07, 6.45) is 0. The van der Waals surface area contributed by atoms with E-state index in [2.05, 4.69) is 25.1 Å². The SMILES string of the molecule is Cc1ccc(C(N)C(C)(C)O)c2ccccc12. The van der Waals surface area contributed by atoms with Crippen molar-refractivity contribution >= 4 is 10.8 Å². The number of benzene rings is 2. The predicted molar refractivity (Wildman–Crippen MR) is 71.9 cm³/mol. The largest absolute Gasteiger partial charge is 0.388 e. The first-order valence-corrected chi connectivity index (χ1v) is 5.87. The van der Waals surface area contributed by atoms with E-state index in [1.165, 1.54) is 10.9 Å². The van der Waals surface area contributed by atoms with Crippen molar-refractivity contribution in [3.05, 3.63) is 47.5 Å². The second-order valence-electron chi connectivity index (χ2n) is 5.15. The maximum absolute atomic E-state index is 10.0. The zero-order valence-corrected chi connectivity index (χ0v) is 10.6. The van der Waals surface area contributed by atoms with Gasteiger partial charge in [0.1, 0.15) is 0 Å². The van der Waals surface area contributed by atoms with E-state index in [4.69, 9.17) is 5.73 Å². The van der Waals surface area contributed by atoms with Crippen LogP contribution in [0.5, 0.6) is 0 Å². The summed E-state index contributed by atoms with van der Waals surface area (Å²) in [5, 5.41) is 12.4. The Morgan fingerprint density at radius 3 is 2.24 bits per heavy atom. The van der Waals surface area contributed by atoms with E-state index in [0.29, 0.717) is 0 Å². The van der Waals surface area contributed by atoms with Crippen LogP contribution in [-0.2, 0) is 0 Å². The Morgan fingerprint density at radius 1 is 1.06 bits per heavy atom. The molecule has 0 heterocycles. The molecule has 0 aromatic heterocycles. The van der Waals surface area contributed by atoms with Gasteiger partial charge in [0.05, 0.1) is 11.6 Å². The Balaban J connectivity index is 2.67. The highest BCUT2D eigenvalue weighted by Crippen LogP contribution is 2.30. The number of fused-ring (bicyclic) bond motifs is 1. The van der Waals surface area contributed by atoms with Gasteiger partial charge in [0, 0.05) is 0 Å². The number of aryl methyl sites for hydroxylation is 1. The van der Waals surface area contributed by atoms with E-state index in [-0.39, 0.29) is 6.04 Å². The fourth-order valence-corrected chi connectivity index (χ4v) is 2.12. The fraction of sp³-hybridized carbons (Fsp3) is 0.333. The Hall–Kier alpha value is -1.38. The minimum Gasteiger partial charge on any atom is -0.388 e. The van der Waals surface area contributed by atoms with Crippen LogP contribution in [0.1, 0.15) is 31.0 Å². The summed E-state index contributed by atoms with van der Waals surface area (Å²) >= 11 is 0. The molecule has 0 aliphatic carbocycles. The van der Waals surface area contributed by atoms with Crippen molar-refractivity contribution in [2.24, 2.45) is 5.73 Å². The van der Waals surface area contributed by atoms with Crippen molar-refractivity contribution in [2.75, 3.05) is 0 Å². The molecule has 1 unspecified atom stereocenters. The van der Waals surface area contributed by atoms with Gasteiger partial charge in [0.15, 0.2) is 0 Å². The topological polar surface area (TPSA) is 46.2 Å². The van der Waals surface area contributed by atoms with Gasteiger partial charge in [0.2, 0.25) is 0 Å². The molecule has 0 radical (unpaired) electrons. The van der Waals surface area contributed by atoms with E-state index in [0.717, 1.165) is 10.9 Å². The van der Waals surface area contributed by atoms with Crippen molar-refractivity contribution in [1.29, 1.82) is 0 Å². The van der Waals surface area contributed by atoms with E-state index in [1.807, 2.05) is 18.2 Å². The molecule has 1 atom stereocenters. The van der Waals surface area contributed by atoms with Crippen molar-refractivity contribution < 1.29 is 5.11 Å². The fourth-order valence-electron chi connectivity index (χ4n) is 2.12. The highest BCUT2D eigenvalue weighted by atomic mass is 16.3. The smallest absolute Gasteiger partial charge is 0.0783 e. The summed E-state index contributed by atoms with van der Waals surface area (Å²) in [4.78, 5) is 0. The second kappa shape index (κ2) is 4.13. The number of nitrogens with two attached hydrogens (primary N) is 1. The molecule has 0 saturated carbocycles. The van der Waals surface area contributed by atoms with Gasteiger partial charge in [-0.05, 0) is 42.7 Å². The predicted octanol–water partition coefficient (Wildman–Crippen LogP) is 2.92. The molecule has 3 N–H and O–H groups in total. The quantitative estimate of drug-likeness (QED) is 0.831. The molecule has 2 heteroatoms. The molecule has 0 amide bonds. The van der Waals surface area contributed by atoms with E-state index in [1.54, 1.807) is 13.8 Å². The first-order chi connectivity index (χ1) is 7.91. The maximum Gasteiger partial charge on any atom is 0.0783 e. The van der Waals surface area contributed by atoms with Crippen LogP contribution < -0.4 is 5.73 Å². The lowest BCUT2D eigenvalue weighted by Gasteiger charge is -2.27. The van der Waals surface area contributed by atoms with E-state index >= 15 is 0 Å². The van der Waals surface area contributed by atoms with Crippen LogP contribution in [0.2, 0.25) is 0 Å². The Morgan fingerprint density at radius 2 is 1.65 bits per heavy atom. The molecule has 2 nitrogen and oxygen atoms in total. The lowest BCUT2D eigenvalue weighted by molar-refractivity contribution is 0.0522. The Labute approximate surface area is 102 Å². The van der Waals surface area contributed by atoms with Gasteiger partial charge in [-0.3, -0.25) is 0 Å². The van der Waals surface area contributed by atoms with Gasteiger partial charge in [0.25, 0.3) is 0 Å². The van der Waals surface area contributed by atoms with Crippen LogP contribution in [0.4, 0.5) is 0 Å². The molecule has 90 valence electrons. The summed E-state index contributed by atoms with van der Waals surface area (Å²) in [5.74, 6) is 0. The van der Waals surface area contributed by atoms with Crippen LogP contribution in [0.3, 0.4) is 0 Å². The average molecular weight is 229 g/mol.